The van der Waals surface area contributed by atoms with Crippen LogP contribution in [0.1, 0.15) is 25.0 Å². The number of hydrogen-bond acceptors (Lipinski definition) is 3. The Morgan fingerprint density at radius 3 is 2.76 bits per heavy atom. The van der Waals surface area contributed by atoms with Gasteiger partial charge in [0.2, 0.25) is 0 Å². The van der Waals surface area contributed by atoms with E-state index in [4.69, 9.17) is 26.8 Å². The second-order valence-corrected chi connectivity index (χ2v) is 6.26. The molecule has 0 unspecified atom stereocenters. The number of hydrogen-bond donors (Lipinski definition) is 1. The zero-order valence-electron chi connectivity index (χ0n) is 12.2. The van der Waals surface area contributed by atoms with E-state index in [1.54, 1.807) is 0 Å². The number of ether oxygens (including phenoxy) is 2. The van der Waals surface area contributed by atoms with Crippen LogP contribution in [0.25, 0.3) is 0 Å². The molecule has 0 radical (unpaired) electrons. The maximum absolute atomic E-state index is 6.24. The maximum atomic E-state index is 6.24. The minimum atomic E-state index is -0.199. The SMILES string of the molecule is CC1(C)Cc2cccc(Oc3ccc(CN)cc3Cl)c2O1. The van der Waals surface area contributed by atoms with Crippen LogP contribution in [-0.4, -0.2) is 5.60 Å². The number of halogens is 1. The van der Waals surface area contributed by atoms with Crippen LogP contribution in [-0.2, 0) is 13.0 Å². The standard InChI is InChI=1S/C17H18ClNO2/c1-17(2)9-12-4-3-5-15(16(12)21-17)20-14-7-6-11(10-19)8-13(14)18/h3-8H,9-10,19H2,1-2H3. The fourth-order valence-electron chi connectivity index (χ4n) is 2.54. The summed E-state index contributed by atoms with van der Waals surface area (Å²) in [6.07, 6.45) is 0.874. The fraction of sp³-hybridized carbons (Fsp3) is 0.294. The first-order valence-corrected chi connectivity index (χ1v) is 7.33. The van der Waals surface area contributed by atoms with E-state index in [-0.39, 0.29) is 5.60 Å². The molecule has 0 aliphatic carbocycles. The van der Waals surface area contributed by atoms with Crippen molar-refractivity contribution in [3.63, 3.8) is 0 Å². The van der Waals surface area contributed by atoms with E-state index in [0.29, 0.717) is 23.1 Å². The van der Waals surface area contributed by atoms with E-state index in [2.05, 4.69) is 19.9 Å². The number of rotatable bonds is 3. The molecule has 110 valence electrons. The van der Waals surface area contributed by atoms with Gasteiger partial charge in [0.15, 0.2) is 11.5 Å². The molecule has 2 aromatic carbocycles. The molecule has 0 spiro atoms. The van der Waals surface area contributed by atoms with E-state index in [1.807, 2.05) is 30.3 Å². The predicted molar refractivity (Wildman–Crippen MR) is 84.3 cm³/mol. The third-order valence-corrected chi connectivity index (χ3v) is 3.80. The summed E-state index contributed by atoms with van der Waals surface area (Å²) in [5.41, 5.74) is 7.54. The summed E-state index contributed by atoms with van der Waals surface area (Å²) < 4.78 is 11.9. The smallest absolute Gasteiger partial charge is 0.169 e. The lowest BCUT2D eigenvalue weighted by molar-refractivity contribution is 0.135. The third kappa shape index (κ3) is 2.85. The molecule has 1 aliphatic rings. The van der Waals surface area contributed by atoms with Gasteiger partial charge in [-0.1, -0.05) is 29.8 Å². The maximum Gasteiger partial charge on any atom is 0.169 e. The largest absolute Gasteiger partial charge is 0.483 e. The van der Waals surface area contributed by atoms with Gasteiger partial charge in [0.1, 0.15) is 11.4 Å². The highest BCUT2D eigenvalue weighted by molar-refractivity contribution is 6.32. The molecule has 0 fully saturated rings. The lowest BCUT2D eigenvalue weighted by Gasteiger charge is -2.18. The molecule has 0 aromatic heterocycles. The van der Waals surface area contributed by atoms with Crippen LogP contribution in [0.2, 0.25) is 5.02 Å². The number of para-hydroxylation sites is 1. The zero-order valence-corrected chi connectivity index (χ0v) is 12.9. The van der Waals surface area contributed by atoms with Gasteiger partial charge in [-0.25, -0.2) is 0 Å². The van der Waals surface area contributed by atoms with Crippen LogP contribution < -0.4 is 15.2 Å². The average molecular weight is 304 g/mol. The molecule has 21 heavy (non-hydrogen) atoms. The lowest BCUT2D eigenvalue weighted by Crippen LogP contribution is -2.24. The highest BCUT2D eigenvalue weighted by Gasteiger charge is 2.32. The Balaban J connectivity index is 1.92. The van der Waals surface area contributed by atoms with Crippen LogP contribution in [0.4, 0.5) is 0 Å². The molecule has 2 aromatic rings. The molecular weight excluding hydrogens is 286 g/mol. The van der Waals surface area contributed by atoms with Crippen molar-refractivity contribution in [2.24, 2.45) is 5.73 Å². The van der Waals surface area contributed by atoms with Crippen LogP contribution in [0, 0.1) is 0 Å². The minimum Gasteiger partial charge on any atom is -0.483 e. The van der Waals surface area contributed by atoms with Crippen molar-refractivity contribution in [1.29, 1.82) is 0 Å². The second kappa shape index (κ2) is 5.24. The van der Waals surface area contributed by atoms with Crippen molar-refractivity contribution >= 4 is 11.6 Å². The first kappa shape index (κ1) is 14.2. The van der Waals surface area contributed by atoms with Crippen molar-refractivity contribution < 1.29 is 9.47 Å². The van der Waals surface area contributed by atoms with Crippen LogP contribution >= 0.6 is 11.6 Å². The Morgan fingerprint density at radius 1 is 1.24 bits per heavy atom. The average Bonchev–Trinajstić information content (AvgIpc) is 2.76. The van der Waals surface area contributed by atoms with Crippen molar-refractivity contribution in [2.45, 2.75) is 32.4 Å². The molecule has 1 aliphatic heterocycles. The Kier molecular flexibility index (Phi) is 3.56. The quantitative estimate of drug-likeness (QED) is 0.919. The van der Waals surface area contributed by atoms with Crippen LogP contribution in [0.5, 0.6) is 17.2 Å². The second-order valence-electron chi connectivity index (χ2n) is 5.85. The summed E-state index contributed by atoms with van der Waals surface area (Å²) in [5, 5.41) is 0.549. The molecule has 0 saturated carbocycles. The van der Waals surface area contributed by atoms with Gasteiger partial charge in [0.05, 0.1) is 5.02 Å². The van der Waals surface area contributed by atoms with Crippen molar-refractivity contribution in [3.05, 3.63) is 52.5 Å². The van der Waals surface area contributed by atoms with Crippen molar-refractivity contribution in [2.75, 3.05) is 0 Å². The summed E-state index contributed by atoms with van der Waals surface area (Å²) in [6.45, 7) is 4.59. The minimum absolute atomic E-state index is 0.199. The van der Waals surface area contributed by atoms with Gasteiger partial charge in [0.25, 0.3) is 0 Å². The number of nitrogens with two attached hydrogens (primary N) is 1. The molecule has 0 amide bonds. The highest BCUT2D eigenvalue weighted by Crippen LogP contribution is 2.44. The van der Waals surface area contributed by atoms with Crippen molar-refractivity contribution in [3.8, 4) is 17.2 Å². The summed E-state index contributed by atoms with van der Waals surface area (Å²) >= 11 is 6.24. The topological polar surface area (TPSA) is 44.5 Å². The van der Waals surface area contributed by atoms with Crippen molar-refractivity contribution in [1.82, 2.24) is 0 Å². The van der Waals surface area contributed by atoms with Gasteiger partial charge in [-0.05, 0) is 37.6 Å². The molecule has 0 bridgehead atoms. The number of benzene rings is 2. The summed E-state index contributed by atoms with van der Waals surface area (Å²) in [4.78, 5) is 0. The van der Waals surface area contributed by atoms with E-state index >= 15 is 0 Å². The van der Waals surface area contributed by atoms with Crippen LogP contribution in [0.15, 0.2) is 36.4 Å². The Morgan fingerprint density at radius 2 is 2.05 bits per heavy atom. The first-order chi connectivity index (χ1) is 9.98. The molecule has 3 nitrogen and oxygen atoms in total. The van der Waals surface area contributed by atoms with E-state index in [1.165, 1.54) is 0 Å². The Labute approximate surface area is 129 Å². The van der Waals surface area contributed by atoms with E-state index < -0.39 is 0 Å². The third-order valence-electron chi connectivity index (χ3n) is 3.51. The molecule has 4 heteroatoms. The first-order valence-electron chi connectivity index (χ1n) is 6.96. The van der Waals surface area contributed by atoms with Gasteiger partial charge in [0, 0.05) is 18.5 Å². The normalized spacial score (nSPS) is 15.4. The zero-order chi connectivity index (χ0) is 15.0. The Hall–Kier alpha value is -1.71. The fourth-order valence-corrected chi connectivity index (χ4v) is 2.78. The number of fused-ring (bicyclic) bond motifs is 1. The summed E-state index contributed by atoms with van der Waals surface area (Å²) in [5.74, 6) is 2.11. The molecule has 1 heterocycles. The van der Waals surface area contributed by atoms with E-state index in [0.717, 1.165) is 23.3 Å². The summed E-state index contributed by atoms with van der Waals surface area (Å²) in [6, 6.07) is 11.5. The van der Waals surface area contributed by atoms with Gasteiger partial charge >= 0.3 is 0 Å². The van der Waals surface area contributed by atoms with Gasteiger partial charge < -0.3 is 15.2 Å². The Bertz CT molecular complexity index is 682. The van der Waals surface area contributed by atoms with Gasteiger partial charge in [-0.3, -0.25) is 0 Å². The monoisotopic (exact) mass is 303 g/mol. The molecule has 2 N–H and O–H groups in total. The van der Waals surface area contributed by atoms with Gasteiger partial charge in [-0.2, -0.15) is 0 Å². The van der Waals surface area contributed by atoms with E-state index in [9.17, 15) is 0 Å². The predicted octanol–water partition coefficient (Wildman–Crippen LogP) is 4.30. The molecule has 0 atom stereocenters. The van der Waals surface area contributed by atoms with Gasteiger partial charge in [-0.15, -0.1) is 0 Å². The lowest BCUT2D eigenvalue weighted by atomic mass is 10.0. The molecular formula is C17H18ClNO2. The van der Waals surface area contributed by atoms with Crippen LogP contribution in [0.3, 0.4) is 0 Å². The molecule has 3 rings (SSSR count). The molecule has 0 saturated heterocycles. The summed E-state index contributed by atoms with van der Waals surface area (Å²) in [7, 11) is 0. The highest BCUT2D eigenvalue weighted by atomic mass is 35.5.